The van der Waals surface area contributed by atoms with E-state index in [1.165, 1.54) is 0 Å². The molecule has 0 fully saturated rings. The van der Waals surface area contributed by atoms with E-state index in [0.29, 0.717) is 13.0 Å². The summed E-state index contributed by atoms with van der Waals surface area (Å²) in [5.74, 6) is -0.123. The predicted octanol–water partition coefficient (Wildman–Crippen LogP) is 0.311. The minimum atomic E-state index is -0.123. The Kier molecular flexibility index (Phi) is 12.0. The second-order valence-electron chi connectivity index (χ2n) is 1.16. The molecule has 0 aromatic rings. The summed E-state index contributed by atoms with van der Waals surface area (Å²) in [4.78, 5) is 10.2. The van der Waals surface area contributed by atoms with Crippen molar-refractivity contribution in [1.29, 1.82) is 0 Å². The quantitative estimate of drug-likeness (QED) is 0.410. The van der Waals surface area contributed by atoms with Gasteiger partial charge in [-0.25, -0.2) is 0 Å². The summed E-state index contributed by atoms with van der Waals surface area (Å²) >= 11 is 0. The molecule has 0 aromatic carbocycles. The van der Waals surface area contributed by atoms with Gasteiger partial charge in [-0.3, -0.25) is 4.79 Å². The molecule has 2 nitrogen and oxygen atoms in total. The molecule has 0 aliphatic heterocycles. The van der Waals surface area contributed by atoms with E-state index in [1.54, 1.807) is 13.8 Å². The molecule has 0 saturated carbocycles. The molecule has 0 bridgehead atoms. The van der Waals surface area contributed by atoms with Crippen molar-refractivity contribution in [3.8, 4) is 0 Å². The van der Waals surface area contributed by atoms with E-state index < -0.39 is 0 Å². The van der Waals surface area contributed by atoms with E-state index in [9.17, 15) is 4.79 Å². The van der Waals surface area contributed by atoms with Gasteiger partial charge in [-0.05, 0) is 6.92 Å². The number of hydrogen-bond acceptors (Lipinski definition) is 2. The molecule has 0 heterocycles. The van der Waals surface area contributed by atoms with Gasteiger partial charge in [0.25, 0.3) is 0 Å². The fourth-order valence-electron chi connectivity index (χ4n) is 0.263. The monoisotopic (exact) mass is 142 g/mol. The fourth-order valence-corrected chi connectivity index (χ4v) is 0.263. The first kappa shape index (κ1) is 11.8. The summed E-state index contributed by atoms with van der Waals surface area (Å²) in [5.41, 5.74) is 0. The van der Waals surface area contributed by atoms with Gasteiger partial charge < -0.3 is 4.74 Å². The predicted molar refractivity (Wildman–Crippen MR) is 34.1 cm³/mol. The Bertz CT molecular complexity index is 63.4. The van der Waals surface area contributed by atoms with E-state index >= 15 is 0 Å². The van der Waals surface area contributed by atoms with Crippen LogP contribution in [0.3, 0.4) is 0 Å². The molecular weight excluding hydrogens is 131 g/mol. The first-order chi connectivity index (χ1) is 3.31. The first-order valence-electron chi connectivity index (χ1n) is 2.46. The van der Waals surface area contributed by atoms with Gasteiger partial charge in [0.15, 0.2) is 0 Å². The molecule has 0 aromatic heterocycles. The standard InChI is InChI=1S/C5H10O2.K.H/c1-3-5(6)7-4-2;;/h3-4H2,1-2H3;;. The van der Waals surface area contributed by atoms with Gasteiger partial charge >= 0.3 is 57.4 Å². The third-order valence-electron chi connectivity index (χ3n) is 0.594. The normalized spacial score (nSPS) is 7.25. The molecule has 0 rings (SSSR count). The zero-order chi connectivity index (χ0) is 5.70. The molecular formula is C5H11KO2. The summed E-state index contributed by atoms with van der Waals surface area (Å²) in [5, 5.41) is 0. The maximum absolute atomic E-state index is 10.2. The second kappa shape index (κ2) is 8.11. The van der Waals surface area contributed by atoms with Crippen LogP contribution in [0.15, 0.2) is 0 Å². The van der Waals surface area contributed by atoms with Gasteiger partial charge in [-0.2, -0.15) is 0 Å². The average Bonchev–Trinajstić information content (AvgIpc) is 1.68. The van der Waals surface area contributed by atoms with Crippen molar-refractivity contribution in [3.05, 3.63) is 0 Å². The number of rotatable bonds is 2. The molecule has 0 unspecified atom stereocenters. The van der Waals surface area contributed by atoms with E-state index in [4.69, 9.17) is 0 Å². The maximum atomic E-state index is 10.2. The fraction of sp³-hybridized carbons (Fsp3) is 0.800. The molecule has 0 saturated heterocycles. The molecule has 0 atom stereocenters. The Labute approximate surface area is 92.4 Å². The van der Waals surface area contributed by atoms with Crippen molar-refractivity contribution in [2.45, 2.75) is 20.3 Å². The van der Waals surface area contributed by atoms with E-state index in [1.807, 2.05) is 0 Å². The van der Waals surface area contributed by atoms with Crippen LogP contribution in [0.2, 0.25) is 0 Å². The van der Waals surface area contributed by atoms with Crippen LogP contribution in [0, 0.1) is 0 Å². The topological polar surface area (TPSA) is 26.3 Å². The zero-order valence-corrected chi connectivity index (χ0v) is 4.73. The molecule has 8 heavy (non-hydrogen) atoms. The van der Waals surface area contributed by atoms with E-state index in [2.05, 4.69) is 4.74 Å². The van der Waals surface area contributed by atoms with Crippen LogP contribution >= 0.6 is 0 Å². The Hall–Kier alpha value is 1.11. The SMILES string of the molecule is CCOC(=O)CC.[KH]. The number of hydrogen-bond donors (Lipinski definition) is 0. The Balaban J connectivity index is 0. The van der Waals surface area contributed by atoms with E-state index in [-0.39, 0.29) is 57.4 Å². The molecule has 0 radical (unpaired) electrons. The third-order valence-corrected chi connectivity index (χ3v) is 0.594. The van der Waals surface area contributed by atoms with Gasteiger partial charge in [0, 0.05) is 6.42 Å². The van der Waals surface area contributed by atoms with Crippen LogP contribution in [0.4, 0.5) is 0 Å². The molecule has 0 N–H and O–H groups in total. The van der Waals surface area contributed by atoms with Crippen LogP contribution in [0.5, 0.6) is 0 Å². The summed E-state index contributed by atoms with van der Waals surface area (Å²) < 4.78 is 4.55. The Morgan fingerprint density at radius 1 is 1.50 bits per heavy atom. The van der Waals surface area contributed by atoms with Crippen LogP contribution in [0.1, 0.15) is 20.3 Å². The van der Waals surface area contributed by atoms with Crippen molar-refractivity contribution in [3.63, 3.8) is 0 Å². The number of ether oxygens (including phenoxy) is 1. The van der Waals surface area contributed by atoms with Crippen molar-refractivity contribution in [1.82, 2.24) is 0 Å². The van der Waals surface area contributed by atoms with Crippen molar-refractivity contribution in [2.24, 2.45) is 0 Å². The molecule has 0 spiro atoms. The number of carbonyl (C=O) groups excluding carboxylic acids is 1. The van der Waals surface area contributed by atoms with Crippen LogP contribution in [-0.2, 0) is 9.53 Å². The summed E-state index contributed by atoms with van der Waals surface area (Å²) in [6, 6.07) is 0. The number of esters is 1. The molecule has 3 heteroatoms. The minimum absolute atomic E-state index is 0. The van der Waals surface area contributed by atoms with Gasteiger partial charge in [0.2, 0.25) is 0 Å². The third kappa shape index (κ3) is 7.11. The summed E-state index contributed by atoms with van der Waals surface area (Å²) in [6.07, 6.45) is 0.480. The zero-order valence-electron chi connectivity index (χ0n) is 4.73. The van der Waals surface area contributed by atoms with Gasteiger partial charge in [0.1, 0.15) is 0 Å². The van der Waals surface area contributed by atoms with Crippen LogP contribution < -0.4 is 0 Å². The molecule has 0 aliphatic carbocycles. The van der Waals surface area contributed by atoms with Gasteiger partial charge in [-0.15, -0.1) is 0 Å². The van der Waals surface area contributed by atoms with Gasteiger partial charge in [0.05, 0.1) is 6.61 Å². The second-order valence-corrected chi connectivity index (χ2v) is 1.16. The Morgan fingerprint density at radius 3 is 2.12 bits per heavy atom. The summed E-state index contributed by atoms with van der Waals surface area (Å²) in [7, 11) is 0. The van der Waals surface area contributed by atoms with Crippen molar-refractivity contribution < 1.29 is 9.53 Å². The molecule has 0 aliphatic rings. The van der Waals surface area contributed by atoms with Crippen LogP contribution in [-0.4, -0.2) is 64.0 Å². The van der Waals surface area contributed by atoms with Gasteiger partial charge in [-0.1, -0.05) is 6.92 Å². The molecule has 0 amide bonds. The van der Waals surface area contributed by atoms with Crippen molar-refractivity contribution >= 4 is 57.4 Å². The van der Waals surface area contributed by atoms with Crippen LogP contribution in [0.25, 0.3) is 0 Å². The summed E-state index contributed by atoms with van der Waals surface area (Å²) in [6.45, 7) is 4.07. The number of carbonyl (C=O) groups is 1. The Morgan fingerprint density at radius 2 is 2.00 bits per heavy atom. The first-order valence-corrected chi connectivity index (χ1v) is 2.46. The molecule has 44 valence electrons. The van der Waals surface area contributed by atoms with E-state index in [0.717, 1.165) is 0 Å². The van der Waals surface area contributed by atoms with Crippen molar-refractivity contribution in [2.75, 3.05) is 6.61 Å². The average molecular weight is 142 g/mol.